The molecule has 10 rings (SSSR count). The molecular weight excluding hydrogens is 599 g/mol. The molecule has 10 aromatic rings. The van der Waals surface area contributed by atoms with Crippen LogP contribution in [-0.2, 0) is 0 Å². The monoisotopic (exact) mass is 625 g/mol. The summed E-state index contributed by atoms with van der Waals surface area (Å²) in [5.41, 5.74) is 6.52. The van der Waals surface area contributed by atoms with Crippen molar-refractivity contribution in [1.82, 2.24) is 15.0 Å². The second kappa shape index (κ2) is 11.0. The Balaban J connectivity index is 1.21. The van der Waals surface area contributed by atoms with E-state index in [1.807, 2.05) is 72.8 Å². The molecule has 228 valence electrons. The molecule has 0 radical (unpaired) electrons. The number of hydrogen-bond acceptors (Lipinski definition) is 4. The van der Waals surface area contributed by atoms with Gasteiger partial charge in [-0.2, -0.15) is 0 Å². The van der Waals surface area contributed by atoms with Crippen LogP contribution in [0.2, 0.25) is 0 Å². The minimum atomic E-state index is 0.604. The maximum atomic E-state index is 6.70. The van der Waals surface area contributed by atoms with Crippen molar-refractivity contribution in [2.24, 2.45) is 0 Å². The van der Waals surface area contributed by atoms with Crippen LogP contribution in [0.15, 0.2) is 168 Å². The predicted octanol–water partition coefficient (Wildman–Crippen LogP) is 11.9. The maximum absolute atomic E-state index is 6.70. The third-order valence-corrected chi connectivity index (χ3v) is 9.50. The molecule has 0 saturated heterocycles. The van der Waals surface area contributed by atoms with Gasteiger partial charge in [0, 0.05) is 33.0 Å². The lowest BCUT2D eigenvalue weighted by Crippen LogP contribution is -2.00. The van der Waals surface area contributed by atoms with E-state index in [0.717, 1.165) is 49.8 Å². The average molecular weight is 626 g/mol. The zero-order valence-electron chi connectivity index (χ0n) is 26.3. The Morgan fingerprint density at radius 2 is 0.918 bits per heavy atom. The van der Waals surface area contributed by atoms with E-state index in [9.17, 15) is 0 Å². The van der Waals surface area contributed by atoms with Gasteiger partial charge < -0.3 is 4.42 Å². The van der Waals surface area contributed by atoms with Crippen molar-refractivity contribution < 1.29 is 4.42 Å². The van der Waals surface area contributed by atoms with E-state index in [1.54, 1.807) is 0 Å². The van der Waals surface area contributed by atoms with E-state index >= 15 is 0 Å². The molecular formula is C45H27N3O. The van der Waals surface area contributed by atoms with Crippen molar-refractivity contribution in [3.8, 4) is 45.3 Å². The largest absolute Gasteiger partial charge is 0.455 e. The summed E-state index contributed by atoms with van der Waals surface area (Å²) in [6, 6.07) is 56.9. The molecule has 0 amide bonds. The molecule has 0 aliphatic rings. The van der Waals surface area contributed by atoms with E-state index in [2.05, 4.69) is 91.0 Å². The second-order valence-electron chi connectivity index (χ2n) is 12.4. The molecule has 8 aromatic carbocycles. The van der Waals surface area contributed by atoms with Crippen molar-refractivity contribution >= 4 is 54.3 Å². The lowest BCUT2D eigenvalue weighted by Gasteiger charge is -2.12. The first kappa shape index (κ1) is 27.5. The van der Waals surface area contributed by atoms with Gasteiger partial charge in [-0.3, -0.25) is 0 Å². The molecule has 0 N–H and O–H groups in total. The number of aromatic nitrogens is 3. The van der Waals surface area contributed by atoms with Gasteiger partial charge in [-0.1, -0.05) is 140 Å². The number of rotatable bonds is 4. The summed E-state index contributed by atoms with van der Waals surface area (Å²) in [6.45, 7) is 0. The zero-order valence-corrected chi connectivity index (χ0v) is 26.3. The van der Waals surface area contributed by atoms with E-state index in [-0.39, 0.29) is 0 Å². The van der Waals surface area contributed by atoms with Gasteiger partial charge in [-0.05, 0) is 62.1 Å². The summed E-state index contributed by atoms with van der Waals surface area (Å²) in [4.78, 5) is 15.1. The topological polar surface area (TPSA) is 51.8 Å². The number of fused-ring (bicyclic) bond motifs is 8. The fourth-order valence-corrected chi connectivity index (χ4v) is 7.17. The van der Waals surface area contributed by atoms with Gasteiger partial charge in [0.15, 0.2) is 17.5 Å². The normalized spacial score (nSPS) is 11.7. The Morgan fingerprint density at radius 3 is 1.67 bits per heavy atom. The summed E-state index contributed by atoms with van der Waals surface area (Å²) in [6.07, 6.45) is 0. The van der Waals surface area contributed by atoms with Crippen LogP contribution >= 0.6 is 0 Å². The lowest BCUT2D eigenvalue weighted by atomic mass is 9.93. The van der Waals surface area contributed by atoms with Gasteiger partial charge >= 0.3 is 0 Å². The maximum Gasteiger partial charge on any atom is 0.164 e. The van der Waals surface area contributed by atoms with Crippen LogP contribution in [0.5, 0.6) is 0 Å². The minimum Gasteiger partial charge on any atom is -0.455 e. The standard InChI is InChI=1S/C45H27N3O/c1-3-12-30(13-4-1)43-46-44(31-14-5-2-6-15-31)48-45(47-43)38-26-25-36(42-41(38)37-17-9-10-18-39(37)49-42)33-23-24-35-32(27-33)22-21-29-20-19-28-11-7-8-16-34(28)40(29)35/h1-27H. The van der Waals surface area contributed by atoms with Gasteiger partial charge in [-0.15, -0.1) is 0 Å². The van der Waals surface area contributed by atoms with Crippen LogP contribution in [0.3, 0.4) is 0 Å². The summed E-state index contributed by atoms with van der Waals surface area (Å²) in [7, 11) is 0. The Hall–Kier alpha value is -6.65. The number of hydrogen-bond donors (Lipinski definition) is 0. The molecule has 0 atom stereocenters. The van der Waals surface area contributed by atoms with Gasteiger partial charge in [0.2, 0.25) is 0 Å². The van der Waals surface area contributed by atoms with Crippen LogP contribution in [0, 0.1) is 0 Å². The Bertz CT molecular complexity index is 2820. The Morgan fingerprint density at radius 1 is 0.347 bits per heavy atom. The first-order chi connectivity index (χ1) is 24.3. The number of para-hydroxylation sites is 1. The SMILES string of the molecule is c1ccc(-c2nc(-c3ccccc3)nc(-c3ccc(-c4ccc5c(ccc6ccc7ccccc7c65)c4)c4oc5ccccc5c34)n2)cc1. The fraction of sp³-hybridized carbons (Fsp3) is 0. The van der Waals surface area contributed by atoms with Crippen LogP contribution in [0.1, 0.15) is 0 Å². The first-order valence-corrected chi connectivity index (χ1v) is 16.4. The molecule has 0 unspecified atom stereocenters. The molecule has 0 aliphatic heterocycles. The van der Waals surface area contributed by atoms with Crippen molar-refractivity contribution in [3.63, 3.8) is 0 Å². The van der Waals surface area contributed by atoms with Crippen LogP contribution in [0.25, 0.3) is 99.5 Å². The molecule has 0 saturated carbocycles. The third kappa shape index (κ3) is 4.49. The van der Waals surface area contributed by atoms with Crippen LogP contribution in [-0.4, -0.2) is 15.0 Å². The first-order valence-electron chi connectivity index (χ1n) is 16.4. The minimum absolute atomic E-state index is 0.604. The number of benzene rings is 8. The van der Waals surface area contributed by atoms with Crippen molar-refractivity contribution in [2.75, 3.05) is 0 Å². The average Bonchev–Trinajstić information content (AvgIpc) is 3.57. The van der Waals surface area contributed by atoms with Gasteiger partial charge in [-0.25, -0.2) is 15.0 Å². The second-order valence-corrected chi connectivity index (χ2v) is 12.4. The van der Waals surface area contributed by atoms with Crippen molar-refractivity contribution in [3.05, 3.63) is 164 Å². The molecule has 49 heavy (non-hydrogen) atoms. The van der Waals surface area contributed by atoms with E-state index < -0.39 is 0 Å². The molecule has 4 heteroatoms. The summed E-state index contributed by atoms with van der Waals surface area (Å²) in [5, 5.41) is 9.47. The van der Waals surface area contributed by atoms with Gasteiger partial charge in [0.1, 0.15) is 11.2 Å². The molecule has 4 nitrogen and oxygen atoms in total. The zero-order chi connectivity index (χ0) is 32.3. The van der Waals surface area contributed by atoms with E-state index in [0.29, 0.717) is 17.5 Å². The Kier molecular flexibility index (Phi) is 6.15. The van der Waals surface area contributed by atoms with Gasteiger partial charge in [0.25, 0.3) is 0 Å². The van der Waals surface area contributed by atoms with Crippen LogP contribution < -0.4 is 0 Å². The summed E-state index contributed by atoms with van der Waals surface area (Å²) in [5.74, 6) is 1.86. The molecule has 0 fully saturated rings. The highest BCUT2D eigenvalue weighted by atomic mass is 16.3. The third-order valence-electron chi connectivity index (χ3n) is 9.50. The molecule has 2 aromatic heterocycles. The van der Waals surface area contributed by atoms with Crippen LogP contribution in [0.4, 0.5) is 0 Å². The summed E-state index contributed by atoms with van der Waals surface area (Å²) >= 11 is 0. The number of nitrogens with zero attached hydrogens (tertiary/aromatic N) is 3. The van der Waals surface area contributed by atoms with E-state index in [1.165, 1.54) is 32.3 Å². The molecule has 2 heterocycles. The van der Waals surface area contributed by atoms with E-state index in [4.69, 9.17) is 19.4 Å². The van der Waals surface area contributed by atoms with Gasteiger partial charge in [0.05, 0.1) is 0 Å². The Labute approximate surface area is 282 Å². The van der Waals surface area contributed by atoms with Crippen molar-refractivity contribution in [2.45, 2.75) is 0 Å². The predicted molar refractivity (Wildman–Crippen MR) is 201 cm³/mol. The summed E-state index contributed by atoms with van der Waals surface area (Å²) < 4.78 is 6.70. The molecule has 0 bridgehead atoms. The lowest BCUT2D eigenvalue weighted by molar-refractivity contribution is 0.670. The molecule has 0 spiro atoms. The molecule has 0 aliphatic carbocycles. The fourth-order valence-electron chi connectivity index (χ4n) is 7.17. The number of furan rings is 1. The highest BCUT2D eigenvalue weighted by molar-refractivity contribution is 6.21. The van der Waals surface area contributed by atoms with Crippen molar-refractivity contribution in [1.29, 1.82) is 0 Å². The smallest absolute Gasteiger partial charge is 0.164 e. The highest BCUT2D eigenvalue weighted by Gasteiger charge is 2.21. The highest BCUT2D eigenvalue weighted by Crippen LogP contribution is 2.42. The quantitative estimate of drug-likeness (QED) is 0.183.